The molecule has 4 nitrogen and oxygen atoms in total. The Balaban J connectivity index is 2.77. The highest BCUT2D eigenvalue weighted by Crippen LogP contribution is 2.37. The van der Waals surface area contributed by atoms with E-state index in [1.54, 1.807) is 0 Å². The lowest BCUT2D eigenvalue weighted by molar-refractivity contribution is -0.149. The fourth-order valence-corrected chi connectivity index (χ4v) is 2.89. The third-order valence-corrected chi connectivity index (χ3v) is 3.71. The second kappa shape index (κ2) is 6.21. The van der Waals surface area contributed by atoms with Gasteiger partial charge in [0.2, 0.25) is 5.91 Å². The lowest BCUT2D eigenvalue weighted by Crippen LogP contribution is -2.41. The Bertz CT molecular complexity index is 314. The highest BCUT2D eigenvalue weighted by molar-refractivity contribution is 5.85. The number of carboxylic acids is 1. The molecule has 3 atom stereocenters. The van der Waals surface area contributed by atoms with Crippen LogP contribution < -0.4 is 0 Å². The molecule has 1 unspecified atom stereocenters. The minimum Gasteiger partial charge on any atom is -0.481 e. The lowest BCUT2D eigenvalue weighted by Gasteiger charge is -2.27. The van der Waals surface area contributed by atoms with Crippen molar-refractivity contribution >= 4 is 11.9 Å². The van der Waals surface area contributed by atoms with Gasteiger partial charge >= 0.3 is 5.97 Å². The van der Waals surface area contributed by atoms with Crippen LogP contribution in [0.1, 0.15) is 40.5 Å². The maximum Gasteiger partial charge on any atom is 0.307 e. The zero-order valence-corrected chi connectivity index (χ0v) is 11.8. The van der Waals surface area contributed by atoms with Gasteiger partial charge in [0.25, 0.3) is 0 Å². The molecule has 18 heavy (non-hydrogen) atoms. The normalized spacial score (nSPS) is 27.5. The molecule has 0 aromatic heterocycles. The van der Waals surface area contributed by atoms with Gasteiger partial charge in [0.15, 0.2) is 0 Å². The van der Waals surface area contributed by atoms with Crippen LogP contribution >= 0.6 is 0 Å². The van der Waals surface area contributed by atoms with Crippen LogP contribution in [0.3, 0.4) is 0 Å². The van der Waals surface area contributed by atoms with Crippen molar-refractivity contribution in [3.8, 4) is 0 Å². The fourth-order valence-electron chi connectivity index (χ4n) is 2.89. The van der Waals surface area contributed by atoms with E-state index >= 15 is 0 Å². The number of hydrogen-bond acceptors (Lipinski definition) is 2. The third kappa shape index (κ3) is 3.47. The fraction of sp³-hybridized carbons (Fsp3) is 0.857. The van der Waals surface area contributed by atoms with Crippen molar-refractivity contribution in [2.45, 2.75) is 40.5 Å². The summed E-state index contributed by atoms with van der Waals surface area (Å²) in [6.07, 6.45) is 1.34. The van der Waals surface area contributed by atoms with Crippen molar-refractivity contribution in [2.24, 2.45) is 23.7 Å². The van der Waals surface area contributed by atoms with E-state index in [1.807, 2.05) is 18.7 Å². The SMILES string of the molecule is CCN(CC(C)C)C(=O)[C@H]1CC(C)C[C@H]1C(=O)O. The number of rotatable bonds is 5. The average molecular weight is 255 g/mol. The van der Waals surface area contributed by atoms with Crippen LogP contribution in [0, 0.1) is 23.7 Å². The van der Waals surface area contributed by atoms with Crippen molar-refractivity contribution in [1.82, 2.24) is 4.90 Å². The number of amides is 1. The summed E-state index contributed by atoms with van der Waals surface area (Å²) in [6.45, 7) is 9.50. The zero-order valence-electron chi connectivity index (χ0n) is 11.8. The second-order valence-electron chi connectivity index (χ2n) is 5.90. The van der Waals surface area contributed by atoms with Gasteiger partial charge in [0, 0.05) is 13.1 Å². The third-order valence-electron chi connectivity index (χ3n) is 3.71. The van der Waals surface area contributed by atoms with E-state index in [9.17, 15) is 14.7 Å². The van der Waals surface area contributed by atoms with E-state index in [1.165, 1.54) is 0 Å². The molecule has 0 saturated heterocycles. The molecule has 4 heteroatoms. The topological polar surface area (TPSA) is 57.6 Å². The van der Waals surface area contributed by atoms with Gasteiger partial charge in [-0.15, -0.1) is 0 Å². The molecule has 1 aliphatic rings. The first-order valence-electron chi connectivity index (χ1n) is 6.88. The summed E-state index contributed by atoms with van der Waals surface area (Å²) in [4.78, 5) is 25.5. The highest BCUT2D eigenvalue weighted by Gasteiger charge is 2.42. The molecule has 1 saturated carbocycles. The van der Waals surface area contributed by atoms with Gasteiger partial charge in [-0.1, -0.05) is 20.8 Å². The summed E-state index contributed by atoms with van der Waals surface area (Å²) in [6, 6.07) is 0. The number of nitrogens with zero attached hydrogens (tertiary/aromatic N) is 1. The zero-order chi connectivity index (χ0) is 13.9. The monoisotopic (exact) mass is 255 g/mol. The molecule has 0 aromatic carbocycles. The van der Waals surface area contributed by atoms with E-state index in [0.717, 1.165) is 0 Å². The molecule has 0 aromatic rings. The van der Waals surface area contributed by atoms with E-state index in [0.29, 0.717) is 37.8 Å². The first-order valence-corrected chi connectivity index (χ1v) is 6.88. The number of carbonyl (C=O) groups excluding carboxylic acids is 1. The van der Waals surface area contributed by atoms with Gasteiger partial charge < -0.3 is 10.0 Å². The van der Waals surface area contributed by atoms with Gasteiger partial charge in [0.05, 0.1) is 11.8 Å². The molecule has 0 aliphatic heterocycles. The van der Waals surface area contributed by atoms with Crippen LogP contribution in [0.25, 0.3) is 0 Å². The lowest BCUT2D eigenvalue weighted by atomic mass is 9.94. The summed E-state index contributed by atoms with van der Waals surface area (Å²) in [5.41, 5.74) is 0. The molecular weight excluding hydrogens is 230 g/mol. The van der Waals surface area contributed by atoms with Crippen molar-refractivity contribution < 1.29 is 14.7 Å². The largest absolute Gasteiger partial charge is 0.481 e. The van der Waals surface area contributed by atoms with Crippen LogP contribution in [0.5, 0.6) is 0 Å². The van der Waals surface area contributed by atoms with Crippen LogP contribution in [0.2, 0.25) is 0 Å². The van der Waals surface area contributed by atoms with Gasteiger partial charge in [-0.05, 0) is 31.6 Å². The molecular formula is C14H25NO3. The smallest absolute Gasteiger partial charge is 0.307 e. The molecule has 1 fully saturated rings. The Labute approximate surface area is 109 Å². The minimum absolute atomic E-state index is 0.0305. The van der Waals surface area contributed by atoms with Gasteiger partial charge in [-0.25, -0.2) is 0 Å². The maximum atomic E-state index is 12.4. The van der Waals surface area contributed by atoms with Crippen LogP contribution in [0.15, 0.2) is 0 Å². The Morgan fingerprint density at radius 2 is 1.83 bits per heavy atom. The van der Waals surface area contributed by atoms with Crippen LogP contribution in [-0.2, 0) is 9.59 Å². The summed E-state index contributed by atoms with van der Waals surface area (Å²) in [5, 5.41) is 9.22. The standard InChI is InChI=1S/C14H25NO3/c1-5-15(8-9(2)3)13(16)11-6-10(4)7-12(11)14(17)18/h9-12H,5-8H2,1-4H3,(H,17,18)/t10?,11-,12+/m0/s1. The van der Waals surface area contributed by atoms with E-state index < -0.39 is 11.9 Å². The van der Waals surface area contributed by atoms with Crippen LogP contribution in [-0.4, -0.2) is 35.0 Å². The molecule has 0 bridgehead atoms. The summed E-state index contributed by atoms with van der Waals surface area (Å²) < 4.78 is 0. The Morgan fingerprint density at radius 1 is 1.28 bits per heavy atom. The minimum atomic E-state index is -0.821. The maximum absolute atomic E-state index is 12.4. The first-order chi connectivity index (χ1) is 8.36. The number of carboxylic acid groups (broad SMARTS) is 1. The predicted molar refractivity (Wildman–Crippen MR) is 70.1 cm³/mol. The number of carbonyl (C=O) groups is 2. The van der Waals surface area contributed by atoms with Crippen molar-refractivity contribution in [3.63, 3.8) is 0 Å². The summed E-state index contributed by atoms with van der Waals surface area (Å²) in [5.74, 6) is -0.861. The van der Waals surface area contributed by atoms with E-state index in [4.69, 9.17) is 0 Å². The number of aliphatic carboxylic acids is 1. The number of hydrogen-bond donors (Lipinski definition) is 1. The quantitative estimate of drug-likeness (QED) is 0.819. The summed E-state index contributed by atoms with van der Waals surface area (Å²) in [7, 11) is 0. The Hall–Kier alpha value is -1.06. The molecule has 1 N–H and O–H groups in total. The molecule has 1 amide bonds. The molecule has 104 valence electrons. The molecule has 0 spiro atoms. The molecule has 1 aliphatic carbocycles. The molecule has 1 rings (SSSR count). The van der Waals surface area contributed by atoms with Crippen LogP contribution in [0.4, 0.5) is 0 Å². The van der Waals surface area contributed by atoms with Gasteiger partial charge in [0.1, 0.15) is 0 Å². The first kappa shape index (κ1) is 15.0. The summed E-state index contributed by atoms with van der Waals surface area (Å²) >= 11 is 0. The molecule has 0 heterocycles. The van der Waals surface area contributed by atoms with Crippen molar-refractivity contribution in [1.29, 1.82) is 0 Å². The van der Waals surface area contributed by atoms with Crippen molar-refractivity contribution in [2.75, 3.05) is 13.1 Å². The highest BCUT2D eigenvalue weighted by atomic mass is 16.4. The predicted octanol–water partition coefficient (Wildman–Crippen LogP) is 2.24. The average Bonchev–Trinajstić information content (AvgIpc) is 2.67. The van der Waals surface area contributed by atoms with Gasteiger partial charge in [-0.2, -0.15) is 0 Å². The second-order valence-corrected chi connectivity index (χ2v) is 5.90. The van der Waals surface area contributed by atoms with Crippen molar-refractivity contribution in [3.05, 3.63) is 0 Å². The Kier molecular flexibility index (Phi) is 5.17. The van der Waals surface area contributed by atoms with E-state index in [2.05, 4.69) is 13.8 Å². The molecule has 0 radical (unpaired) electrons. The van der Waals surface area contributed by atoms with Gasteiger partial charge in [-0.3, -0.25) is 9.59 Å². The Morgan fingerprint density at radius 3 is 2.28 bits per heavy atom. The van der Waals surface area contributed by atoms with E-state index in [-0.39, 0.29) is 11.8 Å².